The van der Waals surface area contributed by atoms with E-state index < -0.39 is 0 Å². The van der Waals surface area contributed by atoms with Gasteiger partial charge < -0.3 is 9.51 Å². The summed E-state index contributed by atoms with van der Waals surface area (Å²) in [6.07, 6.45) is 4.38. The Kier molecular flexibility index (Phi) is 2.80. The van der Waals surface area contributed by atoms with Crippen molar-refractivity contribution >= 4 is 21.6 Å². The third kappa shape index (κ3) is 2.24. The second-order valence-corrected chi connectivity index (χ2v) is 5.11. The molecular formula is C14H11BrN2O. The van der Waals surface area contributed by atoms with E-state index in [-0.39, 0.29) is 5.75 Å². The Labute approximate surface area is 113 Å². The van der Waals surface area contributed by atoms with Gasteiger partial charge in [-0.2, -0.15) is 0 Å². The SMILES string of the molecule is Oc1ccc2nc(Cc3cccc(Br)c3)cn2c1. The maximum absolute atomic E-state index is 9.41. The van der Waals surface area contributed by atoms with Crippen LogP contribution in [0.3, 0.4) is 0 Å². The van der Waals surface area contributed by atoms with E-state index in [2.05, 4.69) is 33.0 Å². The Hall–Kier alpha value is -1.81. The van der Waals surface area contributed by atoms with Gasteiger partial charge in [0.1, 0.15) is 11.4 Å². The summed E-state index contributed by atoms with van der Waals surface area (Å²) in [5, 5.41) is 9.41. The summed E-state index contributed by atoms with van der Waals surface area (Å²) in [5.41, 5.74) is 3.04. The van der Waals surface area contributed by atoms with Gasteiger partial charge in [-0.15, -0.1) is 0 Å². The molecule has 0 atom stereocenters. The molecule has 1 aromatic carbocycles. The zero-order chi connectivity index (χ0) is 12.5. The minimum absolute atomic E-state index is 0.244. The first-order valence-corrected chi connectivity index (χ1v) is 6.41. The number of nitrogens with zero attached hydrogens (tertiary/aromatic N) is 2. The summed E-state index contributed by atoms with van der Waals surface area (Å²) in [6, 6.07) is 11.6. The lowest BCUT2D eigenvalue weighted by Crippen LogP contribution is -1.87. The molecule has 0 fully saturated rings. The molecule has 0 aliphatic heterocycles. The number of fused-ring (bicyclic) bond motifs is 1. The Balaban J connectivity index is 1.95. The molecule has 0 unspecified atom stereocenters. The molecule has 2 aromatic heterocycles. The first-order valence-electron chi connectivity index (χ1n) is 5.62. The predicted molar refractivity (Wildman–Crippen MR) is 73.8 cm³/mol. The second kappa shape index (κ2) is 4.46. The van der Waals surface area contributed by atoms with Crippen LogP contribution in [0.1, 0.15) is 11.3 Å². The van der Waals surface area contributed by atoms with Crippen molar-refractivity contribution in [2.45, 2.75) is 6.42 Å². The molecule has 0 saturated heterocycles. The number of hydrogen-bond donors (Lipinski definition) is 1. The number of halogens is 1. The molecule has 3 aromatic rings. The molecular weight excluding hydrogens is 292 g/mol. The van der Waals surface area contributed by atoms with Crippen molar-refractivity contribution in [1.29, 1.82) is 0 Å². The third-order valence-electron chi connectivity index (χ3n) is 2.76. The molecule has 0 aliphatic carbocycles. The average molecular weight is 303 g/mol. The van der Waals surface area contributed by atoms with Crippen molar-refractivity contribution in [3.63, 3.8) is 0 Å². The summed E-state index contributed by atoms with van der Waals surface area (Å²) < 4.78 is 2.91. The largest absolute Gasteiger partial charge is 0.506 e. The van der Waals surface area contributed by atoms with Gasteiger partial charge in [-0.3, -0.25) is 0 Å². The van der Waals surface area contributed by atoms with Crippen molar-refractivity contribution in [2.24, 2.45) is 0 Å². The molecule has 3 rings (SSSR count). The lowest BCUT2D eigenvalue weighted by atomic mass is 10.1. The van der Waals surface area contributed by atoms with Gasteiger partial charge in [-0.05, 0) is 29.8 Å². The molecule has 0 amide bonds. The molecule has 2 heterocycles. The fourth-order valence-corrected chi connectivity index (χ4v) is 2.42. The highest BCUT2D eigenvalue weighted by atomic mass is 79.9. The van der Waals surface area contributed by atoms with E-state index in [1.807, 2.05) is 22.7 Å². The van der Waals surface area contributed by atoms with Crippen LogP contribution in [0.2, 0.25) is 0 Å². The summed E-state index contributed by atoms with van der Waals surface area (Å²) >= 11 is 3.46. The molecule has 0 radical (unpaired) electrons. The average Bonchev–Trinajstić information content (AvgIpc) is 2.70. The van der Waals surface area contributed by atoms with Crippen molar-refractivity contribution in [3.8, 4) is 5.75 Å². The minimum atomic E-state index is 0.244. The van der Waals surface area contributed by atoms with E-state index in [4.69, 9.17) is 0 Å². The van der Waals surface area contributed by atoms with Gasteiger partial charge >= 0.3 is 0 Å². The van der Waals surface area contributed by atoms with Crippen LogP contribution in [0.15, 0.2) is 53.3 Å². The highest BCUT2D eigenvalue weighted by molar-refractivity contribution is 9.10. The highest BCUT2D eigenvalue weighted by Gasteiger charge is 2.03. The van der Waals surface area contributed by atoms with Crippen LogP contribution in [-0.4, -0.2) is 14.5 Å². The normalized spacial score (nSPS) is 10.9. The van der Waals surface area contributed by atoms with Crippen LogP contribution in [0.5, 0.6) is 5.75 Å². The Morgan fingerprint density at radius 3 is 2.89 bits per heavy atom. The van der Waals surface area contributed by atoms with Crippen LogP contribution in [0, 0.1) is 0 Å². The van der Waals surface area contributed by atoms with E-state index in [0.29, 0.717) is 0 Å². The standard InChI is InChI=1S/C14H11BrN2O/c15-11-3-1-2-10(6-11)7-12-8-17-9-13(18)4-5-14(17)16-12/h1-6,8-9,18H,7H2. The van der Waals surface area contributed by atoms with Gasteiger partial charge in [-0.25, -0.2) is 4.98 Å². The Morgan fingerprint density at radius 1 is 1.17 bits per heavy atom. The summed E-state index contributed by atoms with van der Waals surface area (Å²) in [7, 11) is 0. The van der Waals surface area contributed by atoms with Crippen LogP contribution < -0.4 is 0 Å². The zero-order valence-electron chi connectivity index (χ0n) is 9.55. The van der Waals surface area contributed by atoms with E-state index in [9.17, 15) is 5.11 Å². The number of hydrogen-bond acceptors (Lipinski definition) is 2. The van der Waals surface area contributed by atoms with Gasteiger partial charge in [0.2, 0.25) is 0 Å². The van der Waals surface area contributed by atoms with E-state index in [1.54, 1.807) is 18.3 Å². The van der Waals surface area contributed by atoms with Gasteiger partial charge in [0.25, 0.3) is 0 Å². The molecule has 0 aliphatic rings. The highest BCUT2D eigenvalue weighted by Crippen LogP contribution is 2.17. The van der Waals surface area contributed by atoms with E-state index in [1.165, 1.54) is 5.56 Å². The molecule has 4 heteroatoms. The summed E-state index contributed by atoms with van der Waals surface area (Å²) in [5.74, 6) is 0.244. The van der Waals surface area contributed by atoms with Gasteiger partial charge in [-0.1, -0.05) is 28.1 Å². The maximum Gasteiger partial charge on any atom is 0.137 e. The van der Waals surface area contributed by atoms with Crippen LogP contribution in [0.25, 0.3) is 5.65 Å². The minimum Gasteiger partial charge on any atom is -0.506 e. The van der Waals surface area contributed by atoms with Crippen molar-refractivity contribution in [2.75, 3.05) is 0 Å². The fraction of sp³-hybridized carbons (Fsp3) is 0.0714. The molecule has 90 valence electrons. The first-order chi connectivity index (χ1) is 8.70. The molecule has 3 nitrogen and oxygen atoms in total. The summed E-state index contributed by atoms with van der Waals surface area (Å²) in [6.45, 7) is 0. The molecule has 0 saturated carbocycles. The smallest absolute Gasteiger partial charge is 0.137 e. The maximum atomic E-state index is 9.41. The lowest BCUT2D eigenvalue weighted by Gasteiger charge is -1.98. The van der Waals surface area contributed by atoms with E-state index >= 15 is 0 Å². The van der Waals surface area contributed by atoms with Crippen LogP contribution in [0.4, 0.5) is 0 Å². The molecule has 0 spiro atoms. The number of benzene rings is 1. The van der Waals surface area contributed by atoms with Gasteiger partial charge in [0.15, 0.2) is 0 Å². The van der Waals surface area contributed by atoms with Crippen molar-refractivity contribution < 1.29 is 5.11 Å². The van der Waals surface area contributed by atoms with E-state index in [0.717, 1.165) is 22.2 Å². The molecule has 0 bridgehead atoms. The Bertz CT molecular complexity index is 706. The molecule has 1 N–H and O–H groups in total. The topological polar surface area (TPSA) is 37.5 Å². The van der Waals surface area contributed by atoms with Gasteiger partial charge in [0, 0.05) is 17.1 Å². The first kappa shape index (κ1) is 11.3. The number of aromatic nitrogens is 2. The van der Waals surface area contributed by atoms with Gasteiger partial charge in [0.05, 0.1) is 11.9 Å². The molecule has 18 heavy (non-hydrogen) atoms. The second-order valence-electron chi connectivity index (χ2n) is 4.19. The number of aromatic hydroxyl groups is 1. The Morgan fingerprint density at radius 2 is 2.06 bits per heavy atom. The van der Waals surface area contributed by atoms with Crippen LogP contribution >= 0.6 is 15.9 Å². The number of imidazole rings is 1. The third-order valence-corrected chi connectivity index (χ3v) is 3.25. The quantitative estimate of drug-likeness (QED) is 0.788. The number of rotatable bonds is 2. The lowest BCUT2D eigenvalue weighted by molar-refractivity contribution is 0.472. The van der Waals surface area contributed by atoms with Crippen LogP contribution in [-0.2, 0) is 6.42 Å². The monoisotopic (exact) mass is 302 g/mol. The fourth-order valence-electron chi connectivity index (χ4n) is 1.97. The zero-order valence-corrected chi connectivity index (χ0v) is 11.1. The predicted octanol–water partition coefficient (Wildman–Crippen LogP) is 3.39. The number of pyridine rings is 1. The van der Waals surface area contributed by atoms with Crippen molar-refractivity contribution in [1.82, 2.24) is 9.38 Å². The summed E-state index contributed by atoms with van der Waals surface area (Å²) in [4.78, 5) is 4.52. The van der Waals surface area contributed by atoms with Crippen molar-refractivity contribution in [3.05, 3.63) is 64.5 Å².